The van der Waals surface area contributed by atoms with Crippen LogP contribution in [0.2, 0.25) is 0 Å². The second-order valence-electron chi connectivity index (χ2n) is 4.87. The molecule has 0 spiro atoms. The Hall–Kier alpha value is -2.06. The third-order valence-corrected chi connectivity index (χ3v) is 4.75. The van der Waals surface area contributed by atoms with Crippen LogP contribution in [-0.2, 0) is 14.8 Å². The van der Waals surface area contributed by atoms with Crippen LogP contribution in [0.1, 0.15) is 11.4 Å². The molecule has 0 aliphatic heterocycles. The van der Waals surface area contributed by atoms with Crippen molar-refractivity contribution in [3.05, 3.63) is 35.7 Å². The van der Waals surface area contributed by atoms with E-state index in [4.69, 9.17) is 4.74 Å². The van der Waals surface area contributed by atoms with E-state index in [2.05, 4.69) is 20.2 Å². The lowest BCUT2D eigenvalue weighted by atomic mass is 10.3. The van der Waals surface area contributed by atoms with Gasteiger partial charge in [-0.15, -0.1) is 0 Å². The highest BCUT2D eigenvalue weighted by Gasteiger charge is 2.22. The van der Waals surface area contributed by atoms with E-state index in [1.165, 1.54) is 0 Å². The second-order valence-corrected chi connectivity index (χ2v) is 6.48. The van der Waals surface area contributed by atoms with Crippen LogP contribution in [0.15, 0.2) is 29.2 Å². The van der Waals surface area contributed by atoms with Crippen molar-refractivity contribution in [2.24, 2.45) is 0 Å². The summed E-state index contributed by atoms with van der Waals surface area (Å²) >= 11 is 0. The van der Waals surface area contributed by atoms with Crippen molar-refractivity contribution in [2.45, 2.75) is 18.7 Å². The Morgan fingerprint density at radius 3 is 2.36 bits per heavy atom. The molecule has 1 aromatic heterocycles. The smallest absolute Gasteiger partial charge is 0.265 e. The molecule has 0 aliphatic rings. The molecule has 0 aliphatic carbocycles. The van der Waals surface area contributed by atoms with Crippen LogP contribution in [0.5, 0.6) is 0 Å². The molecule has 0 unspecified atom stereocenters. The summed E-state index contributed by atoms with van der Waals surface area (Å²) in [5.74, 6) is 0. The van der Waals surface area contributed by atoms with Gasteiger partial charge in [-0.1, -0.05) is 0 Å². The molecule has 1 heterocycles. The zero-order valence-corrected chi connectivity index (χ0v) is 13.6. The summed E-state index contributed by atoms with van der Waals surface area (Å²) in [5.41, 5.74) is 2.36. The molecule has 0 saturated heterocycles. The monoisotopic (exact) mass is 324 g/mol. The number of methoxy groups -OCH3 is 1. The van der Waals surface area contributed by atoms with Crippen molar-refractivity contribution < 1.29 is 13.2 Å². The van der Waals surface area contributed by atoms with E-state index in [1.54, 1.807) is 33.1 Å². The van der Waals surface area contributed by atoms with Crippen molar-refractivity contribution in [2.75, 3.05) is 30.3 Å². The molecule has 8 heteroatoms. The van der Waals surface area contributed by atoms with Crippen LogP contribution in [0, 0.1) is 13.8 Å². The van der Waals surface area contributed by atoms with Gasteiger partial charge in [-0.05, 0) is 38.1 Å². The molecular formula is C14H20N4O3S. The quantitative estimate of drug-likeness (QED) is 0.676. The van der Waals surface area contributed by atoms with E-state index in [9.17, 15) is 8.42 Å². The zero-order valence-electron chi connectivity index (χ0n) is 12.8. The Balaban J connectivity index is 2.10. The normalized spacial score (nSPS) is 11.4. The number of hydrogen-bond acceptors (Lipinski definition) is 5. The van der Waals surface area contributed by atoms with Crippen LogP contribution in [0.4, 0.5) is 11.4 Å². The predicted octanol–water partition coefficient (Wildman–Crippen LogP) is 1.89. The first kappa shape index (κ1) is 16.3. The third kappa shape index (κ3) is 3.77. The Kier molecular flexibility index (Phi) is 5.04. The fraction of sp³-hybridized carbons (Fsp3) is 0.357. The maximum Gasteiger partial charge on any atom is 0.265 e. The van der Waals surface area contributed by atoms with Gasteiger partial charge in [0, 0.05) is 25.0 Å². The first-order valence-corrected chi connectivity index (χ1v) is 8.29. The van der Waals surface area contributed by atoms with Crippen LogP contribution >= 0.6 is 0 Å². The minimum absolute atomic E-state index is 0.190. The highest BCUT2D eigenvalue weighted by atomic mass is 32.2. The number of aromatic amines is 1. The number of sulfonamides is 1. The molecule has 2 aromatic rings. The molecule has 0 amide bonds. The van der Waals surface area contributed by atoms with Gasteiger partial charge in [-0.3, -0.25) is 9.82 Å². The van der Waals surface area contributed by atoms with Gasteiger partial charge in [0.25, 0.3) is 10.0 Å². The van der Waals surface area contributed by atoms with Crippen molar-refractivity contribution in [1.82, 2.24) is 10.2 Å². The molecule has 22 heavy (non-hydrogen) atoms. The molecule has 7 nitrogen and oxygen atoms in total. The van der Waals surface area contributed by atoms with E-state index in [0.717, 1.165) is 5.69 Å². The van der Waals surface area contributed by atoms with Crippen molar-refractivity contribution in [3.8, 4) is 0 Å². The number of anilines is 2. The Bertz CT molecular complexity index is 704. The predicted molar refractivity (Wildman–Crippen MR) is 85.7 cm³/mol. The van der Waals surface area contributed by atoms with Gasteiger partial charge >= 0.3 is 0 Å². The summed E-state index contributed by atoms with van der Waals surface area (Å²) in [5, 5.41) is 9.75. The van der Waals surface area contributed by atoms with E-state index < -0.39 is 10.0 Å². The lowest BCUT2D eigenvalue weighted by Crippen LogP contribution is -2.14. The third-order valence-electron chi connectivity index (χ3n) is 3.10. The van der Waals surface area contributed by atoms with E-state index >= 15 is 0 Å². The highest BCUT2D eigenvalue weighted by Crippen LogP contribution is 2.21. The number of nitrogens with zero attached hydrogens (tertiary/aromatic N) is 1. The summed E-state index contributed by atoms with van der Waals surface area (Å²) in [6, 6.07) is 7.03. The van der Waals surface area contributed by atoms with E-state index in [-0.39, 0.29) is 4.90 Å². The number of hydrogen-bond donors (Lipinski definition) is 3. The van der Waals surface area contributed by atoms with E-state index in [0.29, 0.717) is 30.2 Å². The molecular weight excluding hydrogens is 304 g/mol. The van der Waals surface area contributed by atoms with Gasteiger partial charge in [0.15, 0.2) is 0 Å². The molecule has 2 rings (SSSR count). The van der Waals surface area contributed by atoms with Crippen LogP contribution in [-0.4, -0.2) is 38.9 Å². The zero-order chi connectivity index (χ0) is 16.2. The Morgan fingerprint density at radius 2 is 1.82 bits per heavy atom. The van der Waals surface area contributed by atoms with Gasteiger partial charge in [-0.2, -0.15) is 5.10 Å². The number of aromatic nitrogens is 2. The number of benzene rings is 1. The largest absolute Gasteiger partial charge is 0.383 e. The summed E-state index contributed by atoms with van der Waals surface area (Å²) in [6.45, 7) is 4.63. The van der Waals surface area contributed by atoms with Crippen molar-refractivity contribution in [3.63, 3.8) is 0 Å². The Labute approximate surface area is 130 Å². The summed E-state index contributed by atoms with van der Waals surface area (Å²) in [4.78, 5) is 0.190. The maximum atomic E-state index is 12.4. The molecule has 0 fully saturated rings. The summed E-state index contributed by atoms with van der Waals surface area (Å²) in [6.07, 6.45) is 0. The van der Waals surface area contributed by atoms with Crippen molar-refractivity contribution >= 4 is 21.4 Å². The van der Waals surface area contributed by atoms with Gasteiger partial charge < -0.3 is 10.1 Å². The molecule has 0 saturated carbocycles. The fourth-order valence-corrected chi connectivity index (χ4v) is 3.53. The number of ether oxygens (including phenoxy) is 1. The first-order chi connectivity index (χ1) is 10.4. The number of H-pyrrole nitrogens is 1. The van der Waals surface area contributed by atoms with Gasteiger partial charge in [0.1, 0.15) is 4.90 Å². The molecule has 120 valence electrons. The lowest BCUT2D eigenvalue weighted by Gasteiger charge is -2.10. The van der Waals surface area contributed by atoms with Crippen LogP contribution in [0.3, 0.4) is 0 Å². The average molecular weight is 324 g/mol. The number of aryl methyl sites for hydroxylation is 2. The van der Waals surface area contributed by atoms with Gasteiger partial charge in [-0.25, -0.2) is 8.42 Å². The molecule has 0 radical (unpaired) electrons. The molecule has 1 aromatic carbocycles. The van der Waals surface area contributed by atoms with E-state index in [1.807, 2.05) is 12.1 Å². The minimum Gasteiger partial charge on any atom is -0.383 e. The fourth-order valence-electron chi connectivity index (χ4n) is 2.10. The molecule has 3 N–H and O–H groups in total. The van der Waals surface area contributed by atoms with Crippen LogP contribution in [0.25, 0.3) is 0 Å². The number of nitrogens with one attached hydrogen (secondary N) is 3. The molecule has 0 bridgehead atoms. The lowest BCUT2D eigenvalue weighted by molar-refractivity contribution is 0.211. The number of rotatable bonds is 7. The summed E-state index contributed by atoms with van der Waals surface area (Å²) in [7, 11) is -2.01. The topological polar surface area (TPSA) is 96.1 Å². The maximum absolute atomic E-state index is 12.4. The van der Waals surface area contributed by atoms with Crippen molar-refractivity contribution in [1.29, 1.82) is 0 Å². The standard InChI is InChI=1S/C14H20N4O3S/c1-10-14(11(2)17-16-10)22(19,20)18-13-6-4-12(5-7-13)15-8-9-21-3/h4-7,15,18H,8-9H2,1-3H3,(H,16,17). The second kappa shape index (κ2) is 6.80. The van der Waals surface area contributed by atoms with Gasteiger partial charge in [0.2, 0.25) is 0 Å². The average Bonchev–Trinajstić information content (AvgIpc) is 2.81. The highest BCUT2D eigenvalue weighted by molar-refractivity contribution is 7.92. The molecule has 0 atom stereocenters. The SMILES string of the molecule is COCCNc1ccc(NS(=O)(=O)c2c(C)n[nH]c2C)cc1. The first-order valence-electron chi connectivity index (χ1n) is 6.81. The Morgan fingerprint density at radius 1 is 1.18 bits per heavy atom. The summed E-state index contributed by atoms with van der Waals surface area (Å²) < 4.78 is 32.3. The van der Waals surface area contributed by atoms with Gasteiger partial charge in [0.05, 0.1) is 18.0 Å². The van der Waals surface area contributed by atoms with Crippen LogP contribution < -0.4 is 10.0 Å². The minimum atomic E-state index is -3.65.